The molecule has 0 aliphatic heterocycles. The molecule has 0 saturated carbocycles. The van der Waals surface area contributed by atoms with Crippen LogP contribution < -0.4 is 5.32 Å². The summed E-state index contributed by atoms with van der Waals surface area (Å²) in [7, 11) is -4.25. The van der Waals surface area contributed by atoms with Gasteiger partial charge >= 0.3 is 29.6 Å². The summed E-state index contributed by atoms with van der Waals surface area (Å²) in [6.45, 7) is 6.57. The zero-order valence-electron chi connectivity index (χ0n) is 10.9. The molecule has 0 aromatic heterocycles. The summed E-state index contributed by atoms with van der Waals surface area (Å²) in [4.78, 5) is 11.7. The van der Waals surface area contributed by atoms with Crippen LogP contribution in [0.25, 0.3) is 0 Å². The first-order valence-corrected chi connectivity index (χ1v) is 7.24. The molecule has 5 nitrogen and oxygen atoms in total. The zero-order valence-corrected chi connectivity index (χ0v) is 11.7. The fourth-order valence-electron chi connectivity index (χ4n) is 1.72. The van der Waals surface area contributed by atoms with Crippen LogP contribution >= 0.6 is 0 Å². The predicted molar refractivity (Wildman–Crippen MR) is 80.3 cm³/mol. The van der Waals surface area contributed by atoms with Crippen LogP contribution in [0.2, 0.25) is 0 Å². The Morgan fingerprint density at radius 1 is 1.35 bits per heavy atom. The topological polar surface area (TPSA) is 83.5 Å². The van der Waals surface area contributed by atoms with Crippen molar-refractivity contribution >= 4 is 45.6 Å². The first-order valence-electron chi connectivity index (χ1n) is 5.63. The van der Waals surface area contributed by atoms with Crippen molar-refractivity contribution in [3.05, 3.63) is 48.0 Å². The zero-order chi connectivity index (χ0) is 14.7. The number of amides is 1. The quantitative estimate of drug-likeness (QED) is 0.479. The first-order chi connectivity index (χ1) is 8.64. The van der Waals surface area contributed by atoms with Gasteiger partial charge in [0.05, 0.1) is 5.54 Å². The second-order valence-electron chi connectivity index (χ2n) is 4.66. The third-order valence-corrected chi connectivity index (χ3v) is 3.60. The Kier molecular flexibility index (Phi) is 7.13. The molecule has 106 valence electrons. The SMILES string of the molecule is C=C(C)C(=O)NC(C)(CS(=O)(=O)O)c1ccccc1.[NaH]. The molecule has 20 heavy (non-hydrogen) atoms. The van der Waals surface area contributed by atoms with Crippen LogP contribution in [0.3, 0.4) is 0 Å². The van der Waals surface area contributed by atoms with Crippen molar-refractivity contribution in [1.82, 2.24) is 5.32 Å². The Hall–Kier alpha value is -0.660. The van der Waals surface area contributed by atoms with E-state index in [-0.39, 0.29) is 35.1 Å². The summed E-state index contributed by atoms with van der Waals surface area (Å²) in [5, 5.41) is 2.59. The Morgan fingerprint density at radius 3 is 2.25 bits per heavy atom. The van der Waals surface area contributed by atoms with Crippen LogP contribution in [0.4, 0.5) is 0 Å². The van der Waals surface area contributed by atoms with E-state index < -0.39 is 27.3 Å². The number of nitrogens with one attached hydrogen (secondary N) is 1. The van der Waals surface area contributed by atoms with E-state index in [2.05, 4.69) is 11.9 Å². The van der Waals surface area contributed by atoms with Gasteiger partial charge in [-0.1, -0.05) is 36.9 Å². The minimum atomic E-state index is -4.25. The third-order valence-electron chi connectivity index (χ3n) is 2.66. The van der Waals surface area contributed by atoms with Crippen LogP contribution in [0.5, 0.6) is 0 Å². The Labute approximate surface area is 141 Å². The van der Waals surface area contributed by atoms with Gasteiger partial charge < -0.3 is 5.32 Å². The number of carbonyl (C=O) groups is 1. The summed E-state index contributed by atoms with van der Waals surface area (Å²) >= 11 is 0. The number of carbonyl (C=O) groups excluding carboxylic acids is 1. The number of rotatable bonds is 5. The van der Waals surface area contributed by atoms with Gasteiger partial charge in [0, 0.05) is 5.57 Å². The minimum absolute atomic E-state index is 0. The molecule has 0 saturated heterocycles. The molecule has 1 aromatic carbocycles. The monoisotopic (exact) mass is 307 g/mol. The van der Waals surface area contributed by atoms with E-state index in [9.17, 15) is 13.2 Å². The van der Waals surface area contributed by atoms with E-state index in [1.165, 1.54) is 13.8 Å². The fourth-order valence-corrected chi connectivity index (χ4v) is 2.69. The Bertz CT molecular complexity index is 586. The molecule has 1 atom stereocenters. The van der Waals surface area contributed by atoms with E-state index in [1.807, 2.05) is 0 Å². The molecule has 1 amide bonds. The first kappa shape index (κ1) is 19.3. The Morgan fingerprint density at radius 2 is 1.85 bits per heavy atom. The summed E-state index contributed by atoms with van der Waals surface area (Å²) in [5.41, 5.74) is -0.370. The summed E-state index contributed by atoms with van der Waals surface area (Å²) in [6.07, 6.45) is 0. The molecule has 2 N–H and O–H groups in total. The van der Waals surface area contributed by atoms with Crippen molar-refractivity contribution in [2.45, 2.75) is 19.4 Å². The van der Waals surface area contributed by atoms with Crippen molar-refractivity contribution in [3.8, 4) is 0 Å². The van der Waals surface area contributed by atoms with E-state index in [4.69, 9.17) is 4.55 Å². The van der Waals surface area contributed by atoms with E-state index in [0.717, 1.165) is 0 Å². The van der Waals surface area contributed by atoms with E-state index >= 15 is 0 Å². The Balaban J connectivity index is 0.00000361. The second-order valence-corrected chi connectivity index (χ2v) is 6.11. The standard InChI is InChI=1S/C13H17NO4S.Na.H/c1-10(2)12(15)14-13(3,9-19(16,17)18)11-7-5-4-6-8-11;;/h4-8H,1,9H2,2-3H3,(H,14,15)(H,16,17,18);;. The van der Waals surface area contributed by atoms with Crippen LogP contribution in [-0.2, 0) is 20.5 Å². The molecule has 0 radical (unpaired) electrons. The molecule has 0 bridgehead atoms. The average Bonchev–Trinajstić information content (AvgIpc) is 2.27. The van der Waals surface area contributed by atoms with E-state index in [0.29, 0.717) is 5.56 Å². The van der Waals surface area contributed by atoms with Gasteiger partial charge in [0.1, 0.15) is 5.75 Å². The van der Waals surface area contributed by atoms with Crippen molar-refractivity contribution in [2.75, 3.05) is 5.75 Å². The van der Waals surface area contributed by atoms with Gasteiger partial charge in [-0.25, -0.2) is 0 Å². The van der Waals surface area contributed by atoms with Gasteiger partial charge in [-0.2, -0.15) is 8.42 Å². The summed E-state index contributed by atoms with van der Waals surface area (Å²) in [6, 6.07) is 8.60. The number of hydrogen-bond acceptors (Lipinski definition) is 3. The summed E-state index contributed by atoms with van der Waals surface area (Å²) < 4.78 is 31.4. The van der Waals surface area contributed by atoms with Crippen LogP contribution in [0.15, 0.2) is 42.5 Å². The van der Waals surface area contributed by atoms with Crippen molar-refractivity contribution in [3.63, 3.8) is 0 Å². The van der Waals surface area contributed by atoms with Gasteiger partial charge in [-0.15, -0.1) is 0 Å². The third kappa shape index (κ3) is 5.76. The normalized spacial score (nSPS) is 13.8. The molecule has 1 unspecified atom stereocenters. The number of hydrogen-bond donors (Lipinski definition) is 2. The van der Waals surface area contributed by atoms with Gasteiger partial charge in [-0.05, 0) is 19.4 Å². The van der Waals surface area contributed by atoms with Gasteiger partial charge in [0.2, 0.25) is 5.91 Å². The molecule has 1 rings (SSSR count). The van der Waals surface area contributed by atoms with Crippen molar-refractivity contribution in [1.29, 1.82) is 0 Å². The predicted octanol–water partition coefficient (Wildman–Crippen LogP) is 0.833. The molecule has 7 heteroatoms. The van der Waals surface area contributed by atoms with Gasteiger partial charge in [0.25, 0.3) is 10.1 Å². The number of benzene rings is 1. The average molecular weight is 307 g/mol. The molecule has 0 fully saturated rings. The van der Waals surface area contributed by atoms with Crippen LogP contribution in [0, 0.1) is 0 Å². The van der Waals surface area contributed by atoms with Crippen molar-refractivity contribution < 1.29 is 17.8 Å². The second kappa shape index (κ2) is 7.38. The maximum atomic E-state index is 11.7. The molecule has 0 heterocycles. The molecule has 1 aromatic rings. The molecule has 0 aliphatic rings. The summed E-state index contributed by atoms with van der Waals surface area (Å²) in [5.74, 6) is -1.07. The van der Waals surface area contributed by atoms with Gasteiger partial charge in [-0.3, -0.25) is 9.35 Å². The molecule has 0 aliphatic carbocycles. The fraction of sp³-hybridized carbons (Fsp3) is 0.308. The molecular formula is C13H18NNaO4S. The maximum absolute atomic E-state index is 11.7. The van der Waals surface area contributed by atoms with Crippen LogP contribution in [-0.4, -0.2) is 54.2 Å². The molecule has 0 spiro atoms. The van der Waals surface area contributed by atoms with Gasteiger partial charge in [0.15, 0.2) is 0 Å². The van der Waals surface area contributed by atoms with E-state index in [1.54, 1.807) is 30.3 Å². The van der Waals surface area contributed by atoms with Crippen molar-refractivity contribution in [2.24, 2.45) is 0 Å². The van der Waals surface area contributed by atoms with Crippen LogP contribution in [0.1, 0.15) is 19.4 Å². The molecular weight excluding hydrogens is 289 g/mol.